The highest BCUT2D eigenvalue weighted by Gasteiger charge is 2.27. The zero-order chi connectivity index (χ0) is 21.0. The smallest absolute Gasteiger partial charge is 0.338 e. The lowest BCUT2D eigenvalue weighted by atomic mass is 9.96. The number of rotatable bonds is 5. The maximum Gasteiger partial charge on any atom is 0.338 e. The van der Waals surface area contributed by atoms with Gasteiger partial charge in [-0.1, -0.05) is 24.8 Å². The summed E-state index contributed by atoms with van der Waals surface area (Å²) in [7, 11) is 0. The first kappa shape index (κ1) is 19.6. The third kappa shape index (κ3) is 4.06. The van der Waals surface area contributed by atoms with E-state index in [0.717, 1.165) is 5.56 Å². The van der Waals surface area contributed by atoms with Crippen molar-refractivity contribution < 1.29 is 23.5 Å². The van der Waals surface area contributed by atoms with Crippen LogP contribution in [0.3, 0.4) is 0 Å². The number of esters is 1. The second-order valence-corrected chi connectivity index (χ2v) is 6.12. The van der Waals surface area contributed by atoms with Gasteiger partial charge in [-0.2, -0.15) is 5.26 Å². The van der Waals surface area contributed by atoms with Gasteiger partial charge in [0, 0.05) is 11.1 Å². The Morgan fingerprint density at radius 2 is 1.93 bits per heavy atom. The first-order valence-corrected chi connectivity index (χ1v) is 8.61. The highest BCUT2D eigenvalue weighted by molar-refractivity contribution is 6.19. The molecule has 2 amide bonds. The van der Waals surface area contributed by atoms with Gasteiger partial charge in [-0.05, 0) is 42.8 Å². The molecule has 1 aromatic carbocycles. The van der Waals surface area contributed by atoms with Gasteiger partial charge in [0.05, 0.1) is 5.56 Å². The Kier molecular flexibility index (Phi) is 5.56. The van der Waals surface area contributed by atoms with E-state index in [0.29, 0.717) is 22.7 Å². The molecule has 1 N–H and O–H groups in total. The molecule has 0 spiro atoms. The lowest BCUT2D eigenvalue weighted by Crippen LogP contribution is -2.37. The number of furan rings is 1. The van der Waals surface area contributed by atoms with E-state index < -0.39 is 17.8 Å². The van der Waals surface area contributed by atoms with E-state index in [2.05, 4.69) is 11.9 Å². The van der Waals surface area contributed by atoms with Crippen LogP contribution in [0.4, 0.5) is 0 Å². The molecule has 0 aliphatic carbocycles. The molecule has 0 saturated carbocycles. The third-order valence-corrected chi connectivity index (χ3v) is 4.24. The minimum absolute atomic E-state index is 0.110. The summed E-state index contributed by atoms with van der Waals surface area (Å²) in [4.78, 5) is 35.6. The number of amides is 2. The van der Waals surface area contributed by atoms with Gasteiger partial charge >= 0.3 is 5.97 Å². The first-order valence-electron chi connectivity index (χ1n) is 8.61. The molecule has 7 heteroatoms. The summed E-state index contributed by atoms with van der Waals surface area (Å²) in [5.41, 5.74) is 1.49. The van der Waals surface area contributed by atoms with Crippen molar-refractivity contribution in [2.45, 2.75) is 6.92 Å². The van der Waals surface area contributed by atoms with Crippen molar-refractivity contribution in [1.82, 2.24) is 5.32 Å². The molecule has 2 heterocycles. The molecule has 1 aromatic heterocycles. The van der Waals surface area contributed by atoms with Gasteiger partial charge in [0.1, 0.15) is 29.8 Å². The Morgan fingerprint density at radius 3 is 2.59 bits per heavy atom. The van der Waals surface area contributed by atoms with Crippen molar-refractivity contribution in [3.8, 4) is 17.4 Å². The minimum atomic E-state index is -0.709. The van der Waals surface area contributed by atoms with Gasteiger partial charge < -0.3 is 9.15 Å². The number of benzene rings is 1. The van der Waals surface area contributed by atoms with Gasteiger partial charge in [0.2, 0.25) is 0 Å². The van der Waals surface area contributed by atoms with Crippen molar-refractivity contribution in [2.75, 3.05) is 6.61 Å². The van der Waals surface area contributed by atoms with Crippen LogP contribution in [-0.4, -0.2) is 24.4 Å². The summed E-state index contributed by atoms with van der Waals surface area (Å²) in [6.45, 7) is 5.16. The highest BCUT2D eigenvalue weighted by atomic mass is 16.5. The Morgan fingerprint density at radius 1 is 1.21 bits per heavy atom. The zero-order valence-electron chi connectivity index (χ0n) is 15.5. The zero-order valence-corrected chi connectivity index (χ0v) is 15.5. The molecule has 144 valence electrons. The van der Waals surface area contributed by atoms with Crippen molar-refractivity contribution in [3.63, 3.8) is 0 Å². The number of nitrogens with one attached hydrogen (secondary N) is 1. The largest absolute Gasteiger partial charge is 0.458 e. The molecule has 29 heavy (non-hydrogen) atoms. The maximum absolute atomic E-state index is 12.1. The second-order valence-electron chi connectivity index (χ2n) is 6.12. The van der Waals surface area contributed by atoms with Gasteiger partial charge in [-0.3, -0.25) is 14.9 Å². The van der Waals surface area contributed by atoms with Gasteiger partial charge in [-0.25, -0.2) is 4.79 Å². The predicted molar refractivity (Wildman–Crippen MR) is 104 cm³/mol. The molecule has 0 radical (unpaired) electrons. The Labute approximate surface area is 166 Å². The molecule has 0 fully saturated rings. The fourth-order valence-electron chi connectivity index (χ4n) is 2.73. The van der Waals surface area contributed by atoms with Gasteiger partial charge in [-0.15, -0.1) is 0 Å². The number of carbonyl (C=O) groups excluding carboxylic acids is 3. The lowest BCUT2D eigenvalue weighted by Gasteiger charge is -2.15. The molecule has 0 atom stereocenters. The van der Waals surface area contributed by atoms with Gasteiger partial charge in [0.15, 0.2) is 0 Å². The molecule has 2 aromatic rings. The number of nitrogens with zero attached hydrogens (tertiary/aromatic N) is 1. The third-order valence-electron chi connectivity index (χ3n) is 4.24. The molecular formula is C22H16N2O5. The molecule has 3 rings (SSSR count). The van der Waals surface area contributed by atoms with Crippen LogP contribution in [-0.2, 0) is 14.3 Å². The number of nitriles is 1. The number of imide groups is 1. The summed E-state index contributed by atoms with van der Waals surface area (Å²) in [5.74, 6) is -0.844. The fraction of sp³-hybridized carbons (Fsp3) is 0.0909. The standard InChI is InChI=1S/C22H16N2O5/c1-3-10-28-22(27)15-6-4-14(5-7-15)19-9-8-16(29-19)11-17-13(2)18(12-23)21(26)24-20(17)25/h3-9,11H,1,10H2,2H3,(H,24,25,26). The molecule has 1 aliphatic rings. The van der Waals surface area contributed by atoms with Crippen molar-refractivity contribution in [1.29, 1.82) is 5.26 Å². The highest BCUT2D eigenvalue weighted by Crippen LogP contribution is 2.27. The molecule has 0 bridgehead atoms. The average molecular weight is 388 g/mol. The van der Waals surface area contributed by atoms with E-state index in [1.165, 1.54) is 19.1 Å². The van der Waals surface area contributed by atoms with E-state index in [4.69, 9.17) is 14.4 Å². The van der Waals surface area contributed by atoms with E-state index in [-0.39, 0.29) is 17.8 Å². The number of hydrogen-bond donors (Lipinski definition) is 1. The normalized spacial score (nSPS) is 15.1. The summed E-state index contributed by atoms with van der Waals surface area (Å²) in [6, 6.07) is 11.8. The monoisotopic (exact) mass is 388 g/mol. The van der Waals surface area contributed by atoms with Crippen molar-refractivity contribution >= 4 is 23.9 Å². The molecule has 0 saturated heterocycles. The number of carbonyl (C=O) groups is 3. The van der Waals surface area contributed by atoms with E-state index in [1.54, 1.807) is 42.5 Å². The quantitative estimate of drug-likeness (QED) is 0.365. The summed E-state index contributed by atoms with van der Waals surface area (Å²) in [6.07, 6.45) is 2.96. The Bertz CT molecular complexity index is 1110. The van der Waals surface area contributed by atoms with Crippen LogP contribution in [0.5, 0.6) is 0 Å². The van der Waals surface area contributed by atoms with Crippen LogP contribution < -0.4 is 5.32 Å². The summed E-state index contributed by atoms with van der Waals surface area (Å²) in [5, 5.41) is 11.2. The maximum atomic E-state index is 12.1. The van der Waals surface area contributed by atoms with E-state index in [9.17, 15) is 14.4 Å². The lowest BCUT2D eigenvalue weighted by molar-refractivity contribution is -0.126. The fourth-order valence-corrected chi connectivity index (χ4v) is 2.73. The first-order chi connectivity index (χ1) is 13.9. The second kappa shape index (κ2) is 8.23. The number of ether oxygens (including phenoxy) is 1. The van der Waals surface area contributed by atoms with Crippen LogP contribution in [0, 0.1) is 11.3 Å². The van der Waals surface area contributed by atoms with E-state index >= 15 is 0 Å². The topological polar surface area (TPSA) is 109 Å². The predicted octanol–water partition coefficient (Wildman–Crippen LogP) is 3.17. The van der Waals surface area contributed by atoms with E-state index in [1.807, 2.05) is 0 Å². The Balaban J connectivity index is 1.85. The van der Waals surface area contributed by atoms with Crippen molar-refractivity contribution in [3.05, 3.63) is 77.1 Å². The molecular weight excluding hydrogens is 372 g/mol. The molecule has 7 nitrogen and oxygen atoms in total. The SMILES string of the molecule is C=CCOC(=O)c1ccc(-c2ccc(C=C3C(=O)NC(=O)C(C#N)=C3C)o2)cc1. The molecule has 1 aliphatic heterocycles. The van der Waals surface area contributed by atoms with Crippen LogP contribution >= 0.6 is 0 Å². The Hall–Kier alpha value is -4.18. The van der Waals surface area contributed by atoms with Crippen LogP contribution in [0.2, 0.25) is 0 Å². The average Bonchev–Trinajstić information content (AvgIpc) is 3.18. The van der Waals surface area contributed by atoms with Crippen molar-refractivity contribution in [2.24, 2.45) is 0 Å². The molecule has 0 unspecified atom stereocenters. The van der Waals surface area contributed by atoms with Crippen LogP contribution in [0.1, 0.15) is 23.0 Å². The minimum Gasteiger partial charge on any atom is -0.458 e. The van der Waals surface area contributed by atoms with Gasteiger partial charge in [0.25, 0.3) is 11.8 Å². The van der Waals surface area contributed by atoms with Crippen LogP contribution in [0.15, 0.2) is 70.2 Å². The van der Waals surface area contributed by atoms with Crippen LogP contribution in [0.25, 0.3) is 17.4 Å². The summed E-state index contributed by atoms with van der Waals surface area (Å²) >= 11 is 0. The summed E-state index contributed by atoms with van der Waals surface area (Å²) < 4.78 is 10.7. The number of hydrogen-bond acceptors (Lipinski definition) is 6.